The maximum absolute atomic E-state index is 13.7. The Morgan fingerprint density at radius 2 is 1.95 bits per heavy atom. The second-order valence-electron chi connectivity index (χ2n) is 8.30. The molecule has 0 aliphatic carbocycles. The van der Waals surface area contributed by atoms with Gasteiger partial charge in [0.2, 0.25) is 0 Å². The van der Waals surface area contributed by atoms with Crippen molar-refractivity contribution in [3.05, 3.63) is 118 Å². The van der Waals surface area contributed by atoms with Gasteiger partial charge in [-0.3, -0.25) is 19.5 Å². The maximum Gasteiger partial charge on any atom is 0.338 e. The van der Waals surface area contributed by atoms with Crippen LogP contribution in [0.3, 0.4) is 0 Å². The summed E-state index contributed by atoms with van der Waals surface area (Å²) >= 11 is 7.65. The molecule has 192 valence electrons. The summed E-state index contributed by atoms with van der Waals surface area (Å²) < 4.78 is 12.9. The molecule has 3 heterocycles. The fourth-order valence-electron chi connectivity index (χ4n) is 4.33. The molecule has 1 aliphatic heterocycles. The third kappa shape index (κ3) is 4.48. The highest BCUT2D eigenvalue weighted by atomic mass is 35.5. The number of nitro benzene ring substituents is 1. The molecule has 0 saturated carbocycles. The summed E-state index contributed by atoms with van der Waals surface area (Å²) in [6.07, 6.45) is 1.55. The minimum absolute atomic E-state index is 0.0884. The summed E-state index contributed by atoms with van der Waals surface area (Å²) in [7, 11) is 0. The molecule has 0 spiro atoms. The molecule has 0 saturated heterocycles. The van der Waals surface area contributed by atoms with Crippen LogP contribution in [-0.2, 0) is 9.53 Å². The number of rotatable bonds is 6. The molecule has 2 aromatic carbocycles. The zero-order valence-corrected chi connectivity index (χ0v) is 21.8. The van der Waals surface area contributed by atoms with E-state index < -0.39 is 22.5 Å². The highest BCUT2D eigenvalue weighted by Crippen LogP contribution is 2.34. The van der Waals surface area contributed by atoms with Crippen LogP contribution in [0.25, 0.3) is 17.4 Å². The highest BCUT2D eigenvalue weighted by Gasteiger charge is 2.34. The van der Waals surface area contributed by atoms with Gasteiger partial charge < -0.3 is 9.15 Å². The number of carbonyl (C=O) groups excluding carboxylic acids is 1. The van der Waals surface area contributed by atoms with E-state index in [4.69, 9.17) is 20.8 Å². The predicted octanol–water partition coefficient (Wildman–Crippen LogP) is 4.62. The van der Waals surface area contributed by atoms with E-state index in [-0.39, 0.29) is 17.9 Å². The molecular weight excluding hydrogens is 530 g/mol. The van der Waals surface area contributed by atoms with Crippen LogP contribution in [0.15, 0.2) is 86.1 Å². The summed E-state index contributed by atoms with van der Waals surface area (Å²) in [5.74, 6) is 0.0535. The molecule has 9 nitrogen and oxygen atoms in total. The fourth-order valence-corrected chi connectivity index (χ4v) is 5.59. The summed E-state index contributed by atoms with van der Waals surface area (Å²) in [6, 6.07) is 15.7. The molecule has 1 atom stereocenters. The topological polar surface area (TPSA) is 117 Å². The van der Waals surface area contributed by atoms with Crippen molar-refractivity contribution in [2.45, 2.75) is 19.9 Å². The van der Waals surface area contributed by atoms with E-state index in [9.17, 15) is 19.7 Å². The van der Waals surface area contributed by atoms with E-state index in [0.29, 0.717) is 42.7 Å². The number of ether oxygens (including phenoxy) is 1. The van der Waals surface area contributed by atoms with Gasteiger partial charge >= 0.3 is 5.97 Å². The molecule has 1 aliphatic rings. The molecule has 0 unspecified atom stereocenters. The number of furan rings is 1. The normalized spacial score (nSPS) is 15.2. The number of nitro groups is 1. The van der Waals surface area contributed by atoms with E-state index in [2.05, 4.69) is 4.99 Å². The van der Waals surface area contributed by atoms with E-state index in [0.717, 1.165) is 11.3 Å². The van der Waals surface area contributed by atoms with Crippen molar-refractivity contribution < 1.29 is 18.9 Å². The average molecular weight is 550 g/mol. The molecule has 11 heteroatoms. The monoisotopic (exact) mass is 549 g/mol. The van der Waals surface area contributed by atoms with Crippen LogP contribution in [0.4, 0.5) is 5.69 Å². The summed E-state index contributed by atoms with van der Waals surface area (Å²) in [6.45, 7) is 3.56. The van der Waals surface area contributed by atoms with Crippen LogP contribution in [0.2, 0.25) is 5.02 Å². The molecule has 0 fully saturated rings. The van der Waals surface area contributed by atoms with Crippen molar-refractivity contribution in [3.8, 4) is 11.3 Å². The Hall–Kier alpha value is -4.28. The summed E-state index contributed by atoms with van der Waals surface area (Å²) in [5, 5.41) is 11.8. The Morgan fingerprint density at radius 3 is 2.68 bits per heavy atom. The first kappa shape index (κ1) is 25.4. The first-order chi connectivity index (χ1) is 18.3. The van der Waals surface area contributed by atoms with Gasteiger partial charge in [-0.05, 0) is 43.7 Å². The van der Waals surface area contributed by atoms with Gasteiger partial charge in [0.15, 0.2) is 4.80 Å². The second-order valence-corrected chi connectivity index (χ2v) is 9.72. The van der Waals surface area contributed by atoms with Crippen molar-refractivity contribution in [2.24, 2.45) is 4.99 Å². The Kier molecular flexibility index (Phi) is 6.83. The van der Waals surface area contributed by atoms with E-state index in [1.807, 2.05) is 0 Å². The third-order valence-corrected chi connectivity index (χ3v) is 7.31. The number of aromatic nitrogens is 1. The molecule has 4 aromatic rings. The van der Waals surface area contributed by atoms with Crippen LogP contribution in [0.1, 0.15) is 31.2 Å². The lowest BCUT2D eigenvalue weighted by molar-refractivity contribution is -0.384. The summed E-state index contributed by atoms with van der Waals surface area (Å²) in [5.41, 5.74) is 1.07. The number of carbonyl (C=O) groups is 1. The minimum atomic E-state index is -0.833. The maximum atomic E-state index is 13.7. The second kappa shape index (κ2) is 10.2. The smallest absolute Gasteiger partial charge is 0.338 e. The van der Waals surface area contributed by atoms with Crippen molar-refractivity contribution in [1.82, 2.24) is 4.57 Å². The van der Waals surface area contributed by atoms with Crippen LogP contribution in [-0.4, -0.2) is 22.1 Å². The molecule has 0 amide bonds. The highest BCUT2D eigenvalue weighted by molar-refractivity contribution is 7.07. The number of allylic oxidation sites excluding steroid dienone is 1. The number of para-hydroxylation sites is 1. The quantitative estimate of drug-likeness (QED) is 0.197. The zero-order valence-electron chi connectivity index (χ0n) is 20.2. The van der Waals surface area contributed by atoms with Crippen LogP contribution in [0, 0.1) is 10.1 Å². The minimum Gasteiger partial charge on any atom is -0.463 e. The van der Waals surface area contributed by atoms with Crippen molar-refractivity contribution in [1.29, 1.82) is 0 Å². The van der Waals surface area contributed by atoms with Crippen LogP contribution < -0.4 is 14.9 Å². The lowest BCUT2D eigenvalue weighted by atomic mass is 9.96. The fraction of sp³-hybridized carbons (Fsp3) is 0.148. The van der Waals surface area contributed by atoms with Gasteiger partial charge in [0.1, 0.15) is 17.6 Å². The average Bonchev–Trinajstić information content (AvgIpc) is 3.48. The van der Waals surface area contributed by atoms with Crippen molar-refractivity contribution >= 4 is 40.7 Å². The lowest BCUT2D eigenvalue weighted by Gasteiger charge is -2.25. The predicted molar refractivity (Wildman–Crippen MR) is 143 cm³/mol. The van der Waals surface area contributed by atoms with E-state index in [1.54, 1.807) is 74.5 Å². The first-order valence-corrected chi connectivity index (χ1v) is 12.8. The van der Waals surface area contributed by atoms with Gasteiger partial charge in [-0.15, -0.1) is 0 Å². The number of nitrogens with zero attached hydrogens (tertiary/aromatic N) is 3. The number of thiazole rings is 1. The Morgan fingerprint density at radius 1 is 1.21 bits per heavy atom. The molecule has 0 bridgehead atoms. The van der Waals surface area contributed by atoms with Gasteiger partial charge in [0.05, 0.1) is 32.9 Å². The van der Waals surface area contributed by atoms with Gasteiger partial charge in [0.25, 0.3) is 11.2 Å². The van der Waals surface area contributed by atoms with Crippen LogP contribution in [0.5, 0.6) is 0 Å². The van der Waals surface area contributed by atoms with E-state index in [1.165, 1.54) is 10.6 Å². The molecule has 38 heavy (non-hydrogen) atoms. The molecule has 2 aromatic heterocycles. The summed E-state index contributed by atoms with van der Waals surface area (Å²) in [4.78, 5) is 42.5. The van der Waals surface area contributed by atoms with E-state index >= 15 is 0 Å². The van der Waals surface area contributed by atoms with Gasteiger partial charge in [-0.2, -0.15) is 0 Å². The Bertz CT molecular complexity index is 1800. The molecule has 0 radical (unpaired) electrons. The number of esters is 1. The molecule has 0 N–H and O–H groups in total. The number of benzene rings is 2. The number of hydrogen-bond donors (Lipinski definition) is 0. The number of hydrogen-bond acceptors (Lipinski definition) is 8. The number of fused-ring (bicyclic) bond motifs is 1. The molecular formula is C27H20ClN3O6S. The number of halogens is 1. The molecule has 5 rings (SSSR count). The van der Waals surface area contributed by atoms with Gasteiger partial charge in [-0.1, -0.05) is 53.3 Å². The largest absolute Gasteiger partial charge is 0.463 e. The zero-order chi connectivity index (χ0) is 27.0. The van der Waals surface area contributed by atoms with Crippen molar-refractivity contribution in [3.63, 3.8) is 0 Å². The van der Waals surface area contributed by atoms with Crippen molar-refractivity contribution in [2.75, 3.05) is 6.61 Å². The van der Waals surface area contributed by atoms with Gasteiger partial charge in [0, 0.05) is 17.2 Å². The first-order valence-electron chi connectivity index (χ1n) is 11.6. The standard InChI is InChI=1S/C27H20ClN3O6S/c1-3-36-26(33)23-15(2)29-27-30(24(23)17-8-4-6-10-19(17)28)25(32)22(38-27)14-16-12-13-21(37-16)18-9-5-7-11-20(18)31(34)35/h4-14,24H,3H2,1-2H3/b22-14-/t24-/m0/s1. The van der Waals surface area contributed by atoms with Crippen LogP contribution >= 0.6 is 22.9 Å². The SMILES string of the molecule is CCOC(=O)C1=C(C)N=c2s/c(=C\c3ccc(-c4ccccc4[N+](=O)[O-])o3)c(=O)n2[C@H]1c1ccccc1Cl. The van der Waals surface area contributed by atoms with Gasteiger partial charge in [-0.25, -0.2) is 9.79 Å². The third-order valence-electron chi connectivity index (χ3n) is 5.98. The Labute approximate surface area is 224 Å². The lowest BCUT2D eigenvalue weighted by Crippen LogP contribution is -2.40. The Balaban J connectivity index is 1.65.